The molecule has 1 aromatic heterocycles. The Balaban J connectivity index is 2.31. The minimum atomic E-state index is 0.147. The summed E-state index contributed by atoms with van der Waals surface area (Å²) in [5.41, 5.74) is 1.10. The molecule has 0 saturated carbocycles. The molecule has 1 unspecified atom stereocenters. The molecule has 12 heavy (non-hydrogen) atoms. The van der Waals surface area contributed by atoms with Crippen LogP contribution < -0.4 is 0 Å². The summed E-state index contributed by atoms with van der Waals surface area (Å²) in [6.07, 6.45) is 5.25. The molecule has 0 radical (unpaired) electrons. The van der Waals surface area contributed by atoms with E-state index in [4.69, 9.17) is 0 Å². The number of carbonyl (C=O) groups excluding carboxylic acids is 1. The van der Waals surface area contributed by atoms with E-state index >= 15 is 0 Å². The van der Waals surface area contributed by atoms with Crippen molar-refractivity contribution in [1.29, 1.82) is 0 Å². The van der Waals surface area contributed by atoms with Crippen molar-refractivity contribution in [2.24, 2.45) is 5.92 Å². The predicted octanol–water partition coefficient (Wildman–Crippen LogP) is 1.94. The molecule has 0 aliphatic carbocycles. The van der Waals surface area contributed by atoms with Crippen LogP contribution in [0, 0.1) is 5.92 Å². The molecule has 0 amide bonds. The lowest BCUT2D eigenvalue weighted by molar-refractivity contribution is -0.112. The average Bonchev–Trinajstić information content (AvgIpc) is 2.51. The third-order valence-electron chi connectivity index (χ3n) is 1.79. The monoisotopic (exact) mass is 278 g/mol. The van der Waals surface area contributed by atoms with Gasteiger partial charge in [0.1, 0.15) is 0 Å². The van der Waals surface area contributed by atoms with Crippen LogP contribution in [-0.2, 0) is 11.2 Å². The van der Waals surface area contributed by atoms with E-state index in [0.29, 0.717) is 0 Å². The number of rotatable bonds is 4. The maximum atomic E-state index is 10.9. The molecule has 0 fully saturated rings. The highest BCUT2D eigenvalue weighted by Crippen LogP contribution is 2.11. The van der Waals surface area contributed by atoms with Gasteiger partial charge in [-0.2, -0.15) is 0 Å². The van der Waals surface area contributed by atoms with Crippen LogP contribution in [0.1, 0.15) is 19.0 Å². The normalized spacial score (nSPS) is 12.8. The SMILES string of the molecule is CC(CCc1cnc[nH]1)C(=O)I. The van der Waals surface area contributed by atoms with Crippen molar-refractivity contribution in [1.82, 2.24) is 9.97 Å². The van der Waals surface area contributed by atoms with Crippen LogP contribution in [0.4, 0.5) is 0 Å². The second kappa shape index (κ2) is 4.59. The van der Waals surface area contributed by atoms with Crippen LogP contribution in [-0.4, -0.2) is 13.8 Å². The van der Waals surface area contributed by atoms with Crippen molar-refractivity contribution in [3.05, 3.63) is 18.2 Å². The third-order valence-corrected chi connectivity index (χ3v) is 2.85. The van der Waals surface area contributed by atoms with E-state index in [-0.39, 0.29) is 9.71 Å². The Morgan fingerprint density at radius 1 is 1.83 bits per heavy atom. The van der Waals surface area contributed by atoms with Crippen molar-refractivity contribution >= 4 is 26.4 Å². The maximum Gasteiger partial charge on any atom is 0.195 e. The molecule has 0 spiro atoms. The number of nitrogens with zero attached hydrogens (tertiary/aromatic N) is 1. The zero-order valence-corrected chi connectivity index (χ0v) is 9.04. The zero-order valence-electron chi connectivity index (χ0n) is 6.88. The van der Waals surface area contributed by atoms with Gasteiger partial charge >= 0.3 is 0 Å². The first-order chi connectivity index (χ1) is 5.70. The van der Waals surface area contributed by atoms with E-state index < -0.39 is 0 Å². The fourth-order valence-corrected chi connectivity index (χ4v) is 1.22. The Morgan fingerprint density at radius 2 is 2.58 bits per heavy atom. The molecule has 0 aliphatic rings. The van der Waals surface area contributed by atoms with Crippen molar-refractivity contribution in [2.75, 3.05) is 0 Å². The first-order valence-electron chi connectivity index (χ1n) is 3.86. The predicted molar refractivity (Wildman–Crippen MR) is 55.1 cm³/mol. The number of H-pyrrole nitrogens is 1. The van der Waals surface area contributed by atoms with Gasteiger partial charge in [0.15, 0.2) is 3.79 Å². The van der Waals surface area contributed by atoms with Gasteiger partial charge in [-0.1, -0.05) is 6.92 Å². The minimum absolute atomic E-state index is 0.147. The van der Waals surface area contributed by atoms with Crippen molar-refractivity contribution in [3.63, 3.8) is 0 Å². The van der Waals surface area contributed by atoms with Gasteiger partial charge in [-0.3, -0.25) is 4.79 Å². The quantitative estimate of drug-likeness (QED) is 0.675. The molecule has 1 rings (SSSR count). The fourth-order valence-electron chi connectivity index (χ4n) is 0.907. The number of aromatic amines is 1. The number of halogens is 1. The minimum Gasteiger partial charge on any atom is -0.348 e. The van der Waals surface area contributed by atoms with Crippen LogP contribution in [0.25, 0.3) is 0 Å². The van der Waals surface area contributed by atoms with Gasteiger partial charge in [-0.15, -0.1) is 0 Å². The smallest absolute Gasteiger partial charge is 0.195 e. The molecule has 1 atom stereocenters. The number of hydrogen-bond acceptors (Lipinski definition) is 2. The highest BCUT2D eigenvalue weighted by atomic mass is 127. The number of imidazole rings is 1. The first kappa shape index (κ1) is 9.70. The number of hydrogen-bond donors (Lipinski definition) is 1. The first-order valence-corrected chi connectivity index (χ1v) is 4.94. The topological polar surface area (TPSA) is 45.8 Å². The molecule has 1 N–H and O–H groups in total. The summed E-state index contributed by atoms with van der Waals surface area (Å²) in [6, 6.07) is 0. The van der Waals surface area contributed by atoms with E-state index in [9.17, 15) is 4.79 Å². The molecule has 0 bridgehead atoms. The highest BCUT2D eigenvalue weighted by molar-refractivity contribution is 14.1. The van der Waals surface area contributed by atoms with Gasteiger partial charge in [0.25, 0.3) is 0 Å². The summed E-state index contributed by atoms with van der Waals surface area (Å²) in [5, 5.41) is 0. The Morgan fingerprint density at radius 3 is 3.08 bits per heavy atom. The largest absolute Gasteiger partial charge is 0.348 e. The van der Waals surface area contributed by atoms with Crippen molar-refractivity contribution in [3.8, 4) is 0 Å². The van der Waals surface area contributed by atoms with Crippen molar-refractivity contribution < 1.29 is 4.79 Å². The van der Waals surface area contributed by atoms with E-state index in [0.717, 1.165) is 18.5 Å². The Bertz CT molecular complexity index is 246. The summed E-state index contributed by atoms with van der Waals surface area (Å²) in [4.78, 5) is 17.8. The van der Waals surface area contributed by atoms with Gasteiger partial charge in [0.2, 0.25) is 0 Å². The second-order valence-corrected chi connectivity index (χ2v) is 3.88. The van der Waals surface area contributed by atoms with Gasteiger partial charge < -0.3 is 4.98 Å². The van der Waals surface area contributed by atoms with Crippen LogP contribution in [0.2, 0.25) is 0 Å². The van der Waals surface area contributed by atoms with Crippen molar-refractivity contribution in [2.45, 2.75) is 19.8 Å². The second-order valence-electron chi connectivity index (χ2n) is 2.82. The van der Waals surface area contributed by atoms with Crippen LogP contribution in [0.5, 0.6) is 0 Å². The summed E-state index contributed by atoms with van der Waals surface area (Å²) in [7, 11) is 0. The molecule has 1 aromatic rings. The molecule has 0 saturated heterocycles. The van der Waals surface area contributed by atoms with Gasteiger partial charge in [0, 0.05) is 17.8 Å². The molecule has 0 aromatic carbocycles. The summed E-state index contributed by atoms with van der Waals surface area (Å²) in [5.74, 6) is 0.147. The lowest BCUT2D eigenvalue weighted by Crippen LogP contribution is -2.04. The number of aromatic nitrogens is 2. The standard InChI is InChI=1S/C8H11IN2O/c1-6(8(9)12)2-3-7-4-10-5-11-7/h4-6H,2-3H2,1H3,(H,10,11). The number of nitrogens with one attached hydrogen (secondary N) is 1. The maximum absolute atomic E-state index is 10.9. The van der Waals surface area contributed by atoms with E-state index in [1.807, 2.05) is 29.5 Å². The Hall–Kier alpha value is -0.390. The molecule has 0 aliphatic heterocycles. The van der Waals surface area contributed by atoms with Gasteiger partial charge in [-0.05, 0) is 35.4 Å². The van der Waals surface area contributed by atoms with Gasteiger partial charge in [0.05, 0.1) is 6.33 Å². The van der Waals surface area contributed by atoms with Crippen LogP contribution in [0.15, 0.2) is 12.5 Å². The molecular formula is C8H11IN2O. The summed E-state index contributed by atoms with van der Waals surface area (Å²) < 4.78 is 0.229. The highest BCUT2D eigenvalue weighted by Gasteiger charge is 2.08. The van der Waals surface area contributed by atoms with Crippen LogP contribution >= 0.6 is 22.6 Å². The van der Waals surface area contributed by atoms with E-state index in [1.54, 1.807) is 12.5 Å². The third kappa shape index (κ3) is 2.92. The van der Waals surface area contributed by atoms with Gasteiger partial charge in [-0.25, -0.2) is 4.98 Å². The van der Waals surface area contributed by atoms with E-state index in [2.05, 4.69) is 9.97 Å². The Kier molecular flexibility index (Phi) is 3.71. The number of carbonyl (C=O) groups is 1. The molecule has 3 nitrogen and oxygen atoms in total. The Labute approximate surface area is 85.1 Å². The lowest BCUT2D eigenvalue weighted by Gasteiger charge is -2.03. The molecule has 66 valence electrons. The molecule has 4 heteroatoms. The summed E-state index contributed by atoms with van der Waals surface area (Å²) >= 11 is 1.84. The molecular weight excluding hydrogens is 267 g/mol. The average molecular weight is 278 g/mol. The zero-order chi connectivity index (χ0) is 8.97. The summed E-state index contributed by atoms with van der Waals surface area (Å²) in [6.45, 7) is 1.95. The number of aryl methyl sites for hydroxylation is 1. The van der Waals surface area contributed by atoms with Crippen LogP contribution in [0.3, 0.4) is 0 Å². The fraction of sp³-hybridized carbons (Fsp3) is 0.500. The molecule has 1 heterocycles. The van der Waals surface area contributed by atoms with E-state index in [1.165, 1.54) is 0 Å². The lowest BCUT2D eigenvalue weighted by atomic mass is 10.1.